The highest BCUT2D eigenvalue weighted by molar-refractivity contribution is 7.07. The lowest BCUT2D eigenvalue weighted by Gasteiger charge is -2.16. The molecule has 1 heterocycles. The molecule has 16 heavy (non-hydrogen) atoms. The van der Waals surface area contributed by atoms with Crippen molar-refractivity contribution in [2.75, 3.05) is 0 Å². The highest BCUT2D eigenvalue weighted by atomic mass is 32.1. The molecule has 3 heteroatoms. The van der Waals surface area contributed by atoms with Crippen molar-refractivity contribution in [1.29, 1.82) is 0 Å². The summed E-state index contributed by atoms with van der Waals surface area (Å²) in [6.07, 6.45) is 6.63. The Balaban J connectivity index is 2.41. The summed E-state index contributed by atoms with van der Waals surface area (Å²) in [5.41, 5.74) is 0.423. The van der Waals surface area contributed by atoms with Gasteiger partial charge in [-0.2, -0.15) is 0 Å². The van der Waals surface area contributed by atoms with Crippen LogP contribution in [0.2, 0.25) is 0 Å². The monoisotopic (exact) mass is 239 g/mol. The van der Waals surface area contributed by atoms with E-state index in [1.165, 1.54) is 24.2 Å². The maximum atomic E-state index is 11.3. The van der Waals surface area contributed by atoms with Crippen molar-refractivity contribution in [3.8, 4) is 0 Å². The highest BCUT2D eigenvalue weighted by Gasteiger charge is 2.08. The summed E-state index contributed by atoms with van der Waals surface area (Å²) in [6.45, 7) is 10.5. The molecule has 0 fully saturated rings. The Morgan fingerprint density at radius 1 is 1.38 bits per heavy atom. The van der Waals surface area contributed by atoms with Gasteiger partial charge >= 0.3 is 0 Å². The van der Waals surface area contributed by atoms with E-state index >= 15 is 0 Å². The second-order valence-corrected chi connectivity index (χ2v) is 6.49. The van der Waals surface area contributed by atoms with Crippen LogP contribution in [0.4, 0.5) is 0 Å². The number of nitrogens with one attached hydrogen (secondary N) is 1. The Bertz CT molecular complexity index is 475. The van der Waals surface area contributed by atoms with E-state index in [-0.39, 0.29) is 5.56 Å². The molecule has 1 rings (SSSR count). The molecule has 1 N–H and O–H groups in total. The predicted octanol–water partition coefficient (Wildman–Crippen LogP) is 2.23. The van der Waals surface area contributed by atoms with Gasteiger partial charge in [-0.05, 0) is 24.7 Å². The zero-order valence-corrected chi connectivity index (χ0v) is 11.2. The Labute approximate surface area is 101 Å². The van der Waals surface area contributed by atoms with E-state index in [1.54, 1.807) is 0 Å². The lowest BCUT2D eigenvalue weighted by Crippen LogP contribution is -2.19. The molecular weight excluding hydrogens is 218 g/mol. The number of aromatic nitrogens is 1. The van der Waals surface area contributed by atoms with Crippen molar-refractivity contribution in [2.45, 2.75) is 46.5 Å². The maximum Gasteiger partial charge on any atom is 0.266 e. The van der Waals surface area contributed by atoms with E-state index in [0.29, 0.717) is 5.41 Å². The van der Waals surface area contributed by atoms with Gasteiger partial charge in [0.05, 0.1) is 9.20 Å². The minimum Gasteiger partial charge on any atom is -0.313 e. The quantitative estimate of drug-likeness (QED) is 0.803. The Kier molecular flexibility index (Phi) is 4.54. The molecule has 1 aromatic heterocycles. The number of unbranched alkanes of at least 4 members (excludes halogenated alkanes) is 2. The summed E-state index contributed by atoms with van der Waals surface area (Å²) in [5, 5.41) is 0. The standard InChI is InChI=1S/C13H21NOS/c1-10-14-12(15)11(16-10)8-6-5-7-9-13(2,3)4/h8H,1,5-7,9H2,2-4H3,(H,14,15)/b11-8+. The molecule has 90 valence electrons. The molecule has 0 aliphatic heterocycles. The van der Waals surface area contributed by atoms with Crippen LogP contribution in [-0.2, 0) is 0 Å². The first kappa shape index (κ1) is 13.2. The fourth-order valence-corrected chi connectivity index (χ4v) is 2.31. The zero-order chi connectivity index (χ0) is 12.2. The number of thiazole rings is 1. The number of rotatable bonds is 4. The maximum absolute atomic E-state index is 11.3. The molecular formula is C13H21NOS. The molecule has 1 aromatic rings. The average Bonchev–Trinajstić information content (AvgIpc) is 2.42. The summed E-state index contributed by atoms with van der Waals surface area (Å²) in [4.78, 5) is 14.0. The van der Waals surface area contributed by atoms with Crippen LogP contribution in [0.3, 0.4) is 0 Å². The van der Waals surface area contributed by atoms with Gasteiger partial charge in [-0.25, -0.2) is 0 Å². The molecule has 0 atom stereocenters. The second kappa shape index (κ2) is 5.48. The van der Waals surface area contributed by atoms with Gasteiger partial charge in [-0.15, -0.1) is 11.3 Å². The smallest absolute Gasteiger partial charge is 0.266 e. The number of aromatic amines is 1. The second-order valence-electron chi connectivity index (χ2n) is 5.35. The topological polar surface area (TPSA) is 32.9 Å². The van der Waals surface area contributed by atoms with Crippen molar-refractivity contribution >= 4 is 24.0 Å². The first-order valence-electron chi connectivity index (χ1n) is 5.77. The summed E-state index contributed by atoms with van der Waals surface area (Å²) in [5.74, 6) is 0. The van der Waals surface area contributed by atoms with E-state index in [9.17, 15) is 4.79 Å². The van der Waals surface area contributed by atoms with E-state index < -0.39 is 0 Å². The summed E-state index contributed by atoms with van der Waals surface area (Å²) in [7, 11) is 0. The van der Waals surface area contributed by atoms with E-state index in [1.807, 2.05) is 6.08 Å². The number of hydrogen-bond acceptors (Lipinski definition) is 2. The van der Waals surface area contributed by atoms with Gasteiger partial charge in [0.1, 0.15) is 0 Å². The molecule has 0 saturated carbocycles. The molecule has 0 aliphatic rings. The number of H-pyrrole nitrogens is 1. The van der Waals surface area contributed by atoms with Crippen LogP contribution in [0, 0.1) is 5.41 Å². The first-order chi connectivity index (χ1) is 7.38. The first-order valence-corrected chi connectivity index (χ1v) is 6.58. The van der Waals surface area contributed by atoms with E-state index in [4.69, 9.17) is 0 Å². The minimum atomic E-state index is 0.00539. The van der Waals surface area contributed by atoms with E-state index in [2.05, 4.69) is 32.3 Å². The average molecular weight is 239 g/mol. The van der Waals surface area contributed by atoms with Crippen LogP contribution in [0.15, 0.2) is 4.79 Å². The van der Waals surface area contributed by atoms with Crippen LogP contribution in [0.1, 0.15) is 46.5 Å². The third kappa shape index (κ3) is 4.79. The molecule has 0 bridgehead atoms. The van der Waals surface area contributed by atoms with Crippen LogP contribution < -0.4 is 14.8 Å². The van der Waals surface area contributed by atoms with Crippen molar-refractivity contribution in [2.24, 2.45) is 5.41 Å². The summed E-state index contributed by atoms with van der Waals surface area (Å²) < 4.78 is 1.55. The van der Waals surface area contributed by atoms with E-state index in [0.717, 1.165) is 22.0 Å². The fraction of sp³-hybridized carbons (Fsp3) is 0.615. The van der Waals surface area contributed by atoms with Gasteiger partial charge in [0, 0.05) is 0 Å². The fourth-order valence-electron chi connectivity index (χ4n) is 1.56. The molecule has 2 nitrogen and oxygen atoms in total. The van der Waals surface area contributed by atoms with Crippen LogP contribution in [0.25, 0.3) is 12.7 Å². The van der Waals surface area contributed by atoms with Gasteiger partial charge < -0.3 is 4.98 Å². The molecule has 0 aliphatic carbocycles. The summed E-state index contributed by atoms with van der Waals surface area (Å²) >= 11 is 1.44. The molecule has 0 spiro atoms. The predicted molar refractivity (Wildman–Crippen MR) is 72.1 cm³/mol. The minimum absolute atomic E-state index is 0.00539. The lowest BCUT2D eigenvalue weighted by molar-refractivity contribution is 0.361. The molecule has 0 radical (unpaired) electrons. The van der Waals surface area contributed by atoms with Gasteiger partial charge in [0.15, 0.2) is 0 Å². The highest BCUT2D eigenvalue weighted by Crippen LogP contribution is 2.21. The third-order valence-corrected chi connectivity index (χ3v) is 3.34. The number of hydrogen-bond donors (Lipinski definition) is 1. The normalized spacial score (nSPS) is 13.3. The Morgan fingerprint density at radius 3 is 2.56 bits per heavy atom. The van der Waals surface area contributed by atoms with Crippen molar-refractivity contribution in [3.05, 3.63) is 19.5 Å². The van der Waals surface area contributed by atoms with Crippen LogP contribution >= 0.6 is 11.3 Å². The summed E-state index contributed by atoms with van der Waals surface area (Å²) in [6, 6.07) is 0. The Morgan fingerprint density at radius 2 is 2.06 bits per heavy atom. The molecule has 0 unspecified atom stereocenters. The third-order valence-electron chi connectivity index (χ3n) is 2.42. The molecule has 0 saturated heterocycles. The van der Waals surface area contributed by atoms with Gasteiger partial charge in [0.2, 0.25) is 0 Å². The lowest BCUT2D eigenvalue weighted by atomic mass is 9.89. The van der Waals surface area contributed by atoms with Gasteiger partial charge in [-0.1, -0.05) is 39.8 Å². The Hall–Kier alpha value is -0.830. The van der Waals surface area contributed by atoms with Gasteiger partial charge in [-0.3, -0.25) is 4.79 Å². The van der Waals surface area contributed by atoms with Crippen molar-refractivity contribution < 1.29 is 0 Å². The van der Waals surface area contributed by atoms with Crippen molar-refractivity contribution in [3.63, 3.8) is 0 Å². The molecule has 0 amide bonds. The van der Waals surface area contributed by atoms with Crippen LogP contribution in [0.5, 0.6) is 0 Å². The largest absolute Gasteiger partial charge is 0.313 e. The van der Waals surface area contributed by atoms with Gasteiger partial charge in [0.25, 0.3) is 5.56 Å². The molecule has 0 aromatic carbocycles. The van der Waals surface area contributed by atoms with Crippen LogP contribution in [-0.4, -0.2) is 4.98 Å². The van der Waals surface area contributed by atoms with Crippen molar-refractivity contribution in [1.82, 2.24) is 4.98 Å². The zero-order valence-electron chi connectivity index (χ0n) is 10.4. The SMILES string of the molecule is C=c1[nH]c(=O)/c(=C\CCCCC(C)(C)C)s1.